The summed E-state index contributed by atoms with van der Waals surface area (Å²) >= 11 is 0. The molecule has 0 radical (unpaired) electrons. The first kappa shape index (κ1) is 22.5. The number of carbonyl (C=O) groups excluding carboxylic acids is 3. The summed E-state index contributed by atoms with van der Waals surface area (Å²) in [5.74, 6) is -0.119. The van der Waals surface area contributed by atoms with Crippen molar-refractivity contribution >= 4 is 17.9 Å². The van der Waals surface area contributed by atoms with Crippen LogP contribution in [0.25, 0.3) is 0 Å². The van der Waals surface area contributed by atoms with E-state index < -0.39 is 17.6 Å². The standard InChI is InChI=1S/C21H31N3O5/c1-21(2,3)29-20(27)23-12-15-6-4-5-7-17(15)24-19(26)14-8-10-16(11-9-14)28-13-18(22)25/h8-11,15,17H,4-7,12-13H2,1-3H3,(H2,22,25)(H,23,27)(H,24,26). The van der Waals surface area contributed by atoms with Crippen LogP contribution in [0.15, 0.2) is 24.3 Å². The van der Waals surface area contributed by atoms with Crippen molar-refractivity contribution in [1.82, 2.24) is 10.6 Å². The molecular weight excluding hydrogens is 374 g/mol. The Morgan fingerprint density at radius 2 is 1.76 bits per heavy atom. The van der Waals surface area contributed by atoms with E-state index in [2.05, 4.69) is 10.6 Å². The number of ether oxygens (including phenoxy) is 2. The van der Waals surface area contributed by atoms with Crippen LogP contribution >= 0.6 is 0 Å². The third-order valence-electron chi connectivity index (χ3n) is 4.63. The number of hydrogen-bond acceptors (Lipinski definition) is 5. The van der Waals surface area contributed by atoms with Crippen LogP contribution in [-0.4, -0.2) is 42.7 Å². The molecule has 1 aliphatic rings. The van der Waals surface area contributed by atoms with Crippen LogP contribution in [0.3, 0.4) is 0 Å². The fourth-order valence-corrected chi connectivity index (χ4v) is 3.28. The van der Waals surface area contributed by atoms with Gasteiger partial charge in [0.15, 0.2) is 6.61 Å². The molecule has 1 aliphatic carbocycles. The van der Waals surface area contributed by atoms with E-state index in [9.17, 15) is 14.4 Å². The van der Waals surface area contributed by atoms with Crippen LogP contribution in [0, 0.1) is 5.92 Å². The molecule has 4 N–H and O–H groups in total. The maximum Gasteiger partial charge on any atom is 0.407 e. The van der Waals surface area contributed by atoms with E-state index in [0.717, 1.165) is 25.7 Å². The van der Waals surface area contributed by atoms with Crippen LogP contribution in [-0.2, 0) is 9.53 Å². The van der Waals surface area contributed by atoms with Crippen molar-refractivity contribution in [2.45, 2.75) is 58.1 Å². The Hall–Kier alpha value is -2.77. The minimum atomic E-state index is -0.560. The van der Waals surface area contributed by atoms with Crippen LogP contribution in [0.4, 0.5) is 4.79 Å². The van der Waals surface area contributed by atoms with E-state index in [1.54, 1.807) is 24.3 Å². The fourth-order valence-electron chi connectivity index (χ4n) is 3.28. The zero-order valence-electron chi connectivity index (χ0n) is 17.3. The molecule has 2 unspecified atom stereocenters. The molecular formula is C21H31N3O5. The van der Waals surface area contributed by atoms with E-state index in [1.807, 2.05) is 20.8 Å². The van der Waals surface area contributed by atoms with Crippen LogP contribution < -0.4 is 21.1 Å². The molecule has 160 valence electrons. The van der Waals surface area contributed by atoms with Gasteiger partial charge in [-0.2, -0.15) is 0 Å². The van der Waals surface area contributed by atoms with E-state index in [0.29, 0.717) is 17.9 Å². The molecule has 1 saturated carbocycles. The first-order valence-corrected chi connectivity index (χ1v) is 9.93. The quantitative estimate of drug-likeness (QED) is 0.643. The number of alkyl carbamates (subject to hydrolysis) is 1. The van der Waals surface area contributed by atoms with Gasteiger partial charge in [-0.05, 0) is 63.8 Å². The molecule has 3 amide bonds. The zero-order chi connectivity index (χ0) is 21.4. The molecule has 0 heterocycles. The topological polar surface area (TPSA) is 120 Å². The van der Waals surface area contributed by atoms with Gasteiger partial charge in [0.05, 0.1) is 0 Å². The lowest BCUT2D eigenvalue weighted by atomic mass is 9.84. The Labute approximate surface area is 171 Å². The second kappa shape index (κ2) is 10.1. The molecule has 1 aromatic rings. The third kappa shape index (κ3) is 8.01. The Kier molecular flexibility index (Phi) is 7.87. The van der Waals surface area contributed by atoms with Gasteiger partial charge in [-0.3, -0.25) is 9.59 Å². The van der Waals surface area contributed by atoms with Crippen molar-refractivity contribution in [2.75, 3.05) is 13.2 Å². The molecule has 0 spiro atoms. The van der Waals surface area contributed by atoms with Crippen molar-refractivity contribution in [3.05, 3.63) is 29.8 Å². The number of benzene rings is 1. The monoisotopic (exact) mass is 405 g/mol. The highest BCUT2D eigenvalue weighted by Crippen LogP contribution is 2.24. The normalized spacial score (nSPS) is 19.1. The molecule has 8 nitrogen and oxygen atoms in total. The number of nitrogens with one attached hydrogen (secondary N) is 2. The first-order valence-electron chi connectivity index (χ1n) is 9.93. The summed E-state index contributed by atoms with van der Waals surface area (Å²) in [6.45, 7) is 5.71. The number of primary amides is 1. The number of rotatable bonds is 7. The van der Waals surface area contributed by atoms with Gasteiger partial charge >= 0.3 is 6.09 Å². The molecule has 2 rings (SSSR count). The van der Waals surface area contributed by atoms with Crippen molar-refractivity contribution < 1.29 is 23.9 Å². The Morgan fingerprint density at radius 1 is 1.10 bits per heavy atom. The predicted octanol–water partition coefficient (Wildman–Crippen LogP) is 2.36. The molecule has 1 fully saturated rings. The number of amides is 3. The van der Waals surface area contributed by atoms with Crippen LogP contribution in [0.5, 0.6) is 5.75 Å². The Bertz CT molecular complexity index is 712. The average molecular weight is 405 g/mol. The van der Waals surface area contributed by atoms with E-state index in [-0.39, 0.29) is 24.5 Å². The van der Waals surface area contributed by atoms with Gasteiger partial charge in [0.2, 0.25) is 0 Å². The molecule has 29 heavy (non-hydrogen) atoms. The number of nitrogens with two attached hydrogens (primary N) is 1. The average Bonchev–Trinajstić information content (AvgIpc) is 2.64. The van der Waals surface area contributed by atoms with E-state index in [1.165, 1.54) is 0 Å². The summed E-state index contributed by atoms with van der Waals surface area (Å²) in [5, 5.41) is 5.90. The van der Waals surface area contributed by atoms with Crippen molar-refractivity contribution in [1.29, 1.82) is 0 Å². The largest absolute Gasteiger partial charge is 0.484 e. The lowest BCUT2D eigenvalue weighted by Crippen LogP contribution is -2.47. The summed E-state index contributed by atoms with van der Waals surface area (Å²) in [4.78, 5) is 35.3. The highest BCUT2D eigenvalue weighted by molar-refractivity contribution is 5.94. The van der Waals surface area contributed by atoms with Crippen molar-refractivity contribution in [3.63, 3.8) is 0 Å². The molecule has 0 aromatic heterocycles. The van der Waals surface area contributed by atoms with Gasteiger partial charge in [-0.15, -0.1) is 0 Å². The second-order valence-corrected chi connectivity index (χ2v) is 8.29. The minimum absolute atomic E-state index is 0.0167. The maximum atomic E-state index is 12.6. The molecule has 0 saturated heterocycles. The third-order valence-corrected chi connectivity index (χ3v) is 4.63. The van der Waals surface area contributed by atoms with Gasteiger partial charge < -0.3 is 25.8 Å². The highest BCUT2D eigenvalue weighted by Gasteiger charge is 2.28. The summed E-state index contributed by atoms with van der Waals surface area (Å²) in [7, 11) is 0. The Morgan fingerprint density at radius 3 is 2.38 bits per heavy atom. The number of hydrogen-bond donors (Lipinski definition) is 3. The lowest BCUT2D eigenvalue weighted by Gasteiger charge is -2.32. The van der Waals surface area contributed by atoms with Crippen molar-refractivity contribution in [2.24, 2.45) is 11.7 Å². The predicted molar refractivity (Wildman–Crippen MR) is 109 cm³/mol. The SMILES string of the molecule is CC(C)(C)OC(=O)NCC1CCCCC1NC(=O)c1ccc(OCC(N)=O)cc1. The molecule has 2 atom stereocenters. The molecule has 1 aromatic carbocycles. The smallest absolute Gasteiger partial charge is 0.407 e. The minimum Gasteiger partial charge on any atom is -0.484 e. The van der Waals surface area contributed by atoms with Crippen LogP contribution in [0.2, 0.25) is 0 Å². The maximum absolute atomic E-state index is 12.6. The fraction of sp³-hybridized carbons (Fsp3) is 0.571. The van der Waals surface area contributed by atoms with E-state index >= 15 is 0 Å². The van der Waals surface area contributed by atoms with Crippen molar-refractivity contribution in [3.8, 4) is 5.75 Å². The van der Waals surface area contributed by atoms with Crippen LogP contribution in [0.1, 0.15) is 56.8 Å². The van der Waals surface area contributed by atoms with Gasteiger partial charge in [0.1, 0.15) is 11.4 Å². The van der Waals surface area contributed by atoms with Gasteiger partial charge in [0.25, 0.3) is 11.8 Å². The Balaban J connectivity index is 1.89. The zero-order valence-corrected chi connectivity index (χ0v) is 17.3. The van der Waals surface area contributed by atoms with Gasteiger partial charge in [-0.1, -0.05) is 12.8 Å². The number of carbonyl (C=O) groups is 3. The molecule has 0 aliphatic heterocycles. The second-order valence-electron chi connectivity index (χ2n) is 8.29. The first-order chi connectivity index (χ1) is 13.6. The summed E-state index contributed by atoms with van der Waals surface area (Å²) in [6, 6.07) is 6.52. The highest BCUT2D eigenvalue weighted by atomic mass is 16.6. The van der Waals surface area contributed by atoms with Gasteiger partial charge in [0, 0.05) is 18.2 Å². The lowest BCUT2D eigenvalue weighted by molar-refractivity contribution is -0.119. The summed E-state index contributed by atoms with van der Waals surface area (Å²) in [6.07, 6.45) is 3.46. The molecule has 0 bridgehead atoms. The van der Waals surface area contributed by atoms with E-state index in [4.69, 9.17) is 15.2 Å². The van der Waals surface area contributed by atoms with Gasteiger partial charge in [-0.25, -0.2) is 4.79 Å². The summed E-state index contributed by atoms with van der Waals surface area (Å²) in [5.41, 5.74) is 5.00. The molecule has 8 heteroatoms. The summed E-state index contributed by atoms with van der Waals surface area (Å²) < 4.78 is 10.5.